The average Bonchev–Trinajstić information content (AvgIpc) is 2.50. The largest absolute Gasteiger partial charge is 0.496 e. The van der Waals surface area contributed by atoms with Crippen LogP contribution in [0.15, 0.2) is 12.1 Å². The second-order valence-corrected chi connectivity index (χ2v) is 5.62. The summed E-state index contributed by atoms with van der Waals surface area (Å²) in [5, 5.41) is 11.9. The maximum atomic E-state index is 12.3. The third kappa shape index (κ3) is 3.32. The standard InChI is InChI=1S/C16H22N2O4/c1-10-4-5-13(11(2)14(10)22-3)17-16(21)18-8-6-12(7-9-18)15(19)20/h4-5,12H,6-9H2,1-3H3,(H,17,21)(H,19,20). The number of amides is 2. The summed E-state index contributed by atoms with van der Waals surface area (Å²) in [6.45, 7) is 4.78. The number of methoxy groups -OCH3 is 1. The lowest BCUT2D eigenvalue weighted by Gasteiger charge is -2.30. The second kappa shape index (κ2) is 6.68. The highest BCUT2D eigenvalue weighted by Gasteiger charge is 2.27. The number of piperidine rings is 1. The zero-order valence-corrected chi connectivity index (χ0v) is 13.2. The van der Waals surface area contributed by atoms with Crippen LogP contribution in [0.1, 0.15) is 24.0 Å². The molecule has 1 aromatic carbocycles. The number of anilines is 1. The molecule has 6 heteroatoms. The summed E-state index contributed by atoms with van der Waals surface area (Å²) in [5.41, 5.74) is 2.62. The summed E-state index contributed by atoms with van der Waals surface area (Å²) < 4.78 is 5.35. The Labute approximate surface area is 130 Å². The molecule has 22 heavy (non-hydrogen) atoms. The monoisotopic (exact) mass is 306 g/mol. The zero-order chi connectivity index (χ0) is 16.3. The zero-order valence-electron chi connectivity index (χ0n) is 13.2. The maximum Gasteiger partial charge on any atom is 0.321 e. The van der Waals surface area contributed by atoms with Gasteiger partial charge in [0.2, 0.25) is 0 Å². The number of carbonyl (C=O) groups excluding carboxylic acids is 1. The maximum absolute atomic E-state index is 12.3. The van der Waals surface area contributed by atoms with Gasteiger partial charge in [-0.1, -0.05) is 6.07 Å². The number of carboxylic acids is 1. The van der Waals surface area contributed by atoms with Crippen LogP contribution in [0, 0.1) is 19.8 Å². The van der Waals surface area contributed by atoms with Gasteiger partial charge in [-0.2, -0.15) is 0 Å². The number of ether oxygens (including phenoxy) is 1. The summed E-state index contributed by atoms with van der Waals surface area (Å²) in [7, 11) is 1.61. The van der Waals surface area contributed by atoms with Gasteiger partial charge in [0.15, 0.2) is 0 Å². The van der Waals surface area contributed by atoms with E-state index >= 15 is 0 Å². The Kier molecular flexibility index (Phi) is 4.90. The first-order valence-electron chi connectivity index (χ1n) is 7.37. The predicted molar refractivity (Wildman–Crippen MR) is 83.4 cm³/mol. The van der Waals surface area contributed by atoms with E-state index in [4.69, 9.17) is 9.84 Å². The third-order valence-corrected chi connectivity index (χ3v) is 4.18. The highest BCUT2D eigenvalue weighted by atomic mass is 16.5. The number of hydrogen-bond donors (Lipinski definition) is 2. The molecule has 1 aromatic rings. The van der Waals surface area contributed by atoms with E-state index in [2.05, 4.69) is 5.32 Å². The Bertz CT molecular complexity index is 578. The van der Waals surface area contributed by atoms with Crippen LogP contribution in [-0.2, 0) is 4.79 Å². The minimum absolute atomic E-state index is 0.196. The summed E-state index contributed by atoms with van der Waals surface area (Å²) in [5.74, 6) is -0.355. The topological polar surface area (TPSA) is 78.9 Å². The first kappa shape index (κ1) is 16.1. The van der Waals surface area contributed by atoms with Gasteiger partial charge in [-0.25, -0.2) is 4.79 Å². The van der Waals surface area contributed by atoms with Crippen molar-refractivity contribution in [3.8, 4) is 5.75 Å². The number of aliphatic carboxylic acids is 1. The van der Waals surface area contributed by atoms with Crippen LogP contribution in [0.3, 0.4) is 0 Å². The van der Waals surface area contributed by atoms with Crippen molar-refractivity contribution in [1.29, 1.82) is 0 Å². The van der Waals surface area contributed by atoms with Crippen LogP contribution in [0.5, 0.6) is 5.75 Å². The number of nitrogens with zero attached hydrogens (tertiary/aromatic N) is 1. The molecule has 0 aliphatic carbocycles. The van der Waals surface area contributed by atoms with Crippen molar-refractivity contribution in [2.24, 2.45) is 5.92 Å². The van der Waals surface area contributed by atoms with Crippen LogP contribution in [0.4, 0.5) is 10.5 Å². The molecule has 1 fully saturated rings. The second-order valence-electron chi connectivity index (χ2n) is 5.62. The van der Waals surface area contributed by atoms with E-state index in [-0.39, 0.29) is 11.9 Å². The molecule has 1 heterocycles. The molecule has 6 nitrogen and oxygen atoms in total. The van der Waals surface area contributed by atoms with Crippen molar-refractivity contribution in [1.82, 2.24) is 4.90 Å². The quantitative estimate of drug-likeness (QED) is 0.900. The van der Waals surface area contributed by atoms with Gasteiger partial charge in [-0.3, -0.25) is 4.79 Å². The molecule has 2 N–H and O–H groups in total. The molecule has 120 valence electrons. The molecule has 1 saturated heterocycles. The van der Waals surface area contributed by atoms with Crippen molar-refractivity contribution in [2.75, 3.05) is 25.5 Å². The van der Waals surface area contributed by atoms with Gasteiger partial charge in [0.1, 0.15) is 5.75 Å². The average molecular weight is 306 g/mol. The smallest absolute Gasteiger partial charge is 0.321 e. The van der Waals surface area contributed by atoms with E-state index in [0.29, 0.717) is 31.6 Å². The van der Waals surface area contributed by atoms with Gasteiger partial charge in [0, 0.05) is 24.3 Å². The van der Waals surface area contributed by atoms with Gasteiger partial charge < -0.3 is 20.1 Å². The van der Waals surface area contributed by atoms with E-state index in [1.165, 1.54) is 0 Å². The lowest BCUT2D eigenvalue weighted by atomic mass is 9.97. The normalized spacial score (nSPS) is 15.5. The molecular weight excluding hydrogens is 284 g/mol. The number of rotatable bonds is 3. The van der Waals surface area contributed by atoms with E-state index in [9.17, 15) is 9.59 Å². The molecule has 1 aliphatic rings. The van der Waals surface area contributed by atoms with Crippen molar-refractivity contribution < 1.29 is 19.4 Å². The number of urea groups is 1. The molecule has 0 spiro atoms. The number of hydrogen-bond acceptors (Lipinski definition) is 3. The molecule has 0 unspecified atom stereocenters. The van der Waals surface area contributed by atoms with Gasteiger partial charge in [0.05, 0.1) is 13.0 Å². The molecule has 0 radical (unpaired) electrons. The van der Waals surface area contributed by atoms with Gasteiger partial charge >= 0.3 is 12.0 Å². The van der Waals surface area contributed by atoms with Crippen molar-refractivity contribution >= 4 is 17.7 Å². The molecule has 0 saturated carbocycles. The molecule has 0 atom stereocenters. The van der Waals surface area contributed by atoms with E-state index < -0.39 is 5.97 Å². The van der Waals surface area contributed by atoms with Crippen molar-refractivity contribution in [3.63, 3.8) is 0 Å². The Morgan fingerprint density at radius 3 is 2.45 bits per heavy atom. The van der Waals surface area contributed by atoms with Crippen LogP contribution in [0.25, 0.3) is 0 Å². The van der Waals surface area contributed by atoms with Gasteiger partial charge in [-0.05, 0) is 38.3 Å². The molecule has 0 aromatic heterocycles. The first-order valence-corrected chi connectivity index (χ1v) is 7.37. The number of carbonyl (C=O) groups is 2. The summed E-state index contributed by atoms with van der Waals surface area (Å²) in [6.07, 6.45) is 0.998. The van der Waals surface area contributed by atoms with Crippen LogP contribution in [0.2, 0.25) is 0 Å². The summed E-state index contributed by atoms with van der Waals surface area (Å²) in [6, 6.07) is 3.56. The summed E-state index contributed by atoms with van der Waals surface area (Å²) >= 11 is 0. The highest BCUT2D eigenvalue weighted by molar-refractivity contribution is 5.91. The predicted octanol–water partition coefficient (Wildman–Crippen LogP) is 2.64. The molecule has 1 aliphatic heterocycles. The minimum atomic E-state index is -0.779. The number of nitrogens with one attached hydrogen (secondary N) is 1. The highest BCUT2D eigenvalue weighted by Crippen LogP contribution is 2.29. The fourth-order valence-corrected chi connectivity index (χ4v) is 2.80. The Hall–Kier alpha value is -2.24. The van der Waals surface area contributed by atoms with Crippen molar-refractivity contribution in [2.45, 2.75) is 26.7 Å². The number of likely N-dealkylation sites (tertiary alicyclic amines) is 1. The van der Waals surface area contributed by atoms with Crippen LogP contribution >= 0.6 is 0 Å². The molecule has 2 amide bonds. The third-order valence-electron chi connectivity index (χ3n) is 4.18. The fraction of sp³-hybridized carbons (Fsp3) is 0.500. The van der Waals surface area contributed by atoms with Crippen molar-refractivity contribution in [3.05, 3.63) is 23.3 Å². The van der Waals surface area contributed by atoms with E-state index in [1.807, 2.05) is 26.0 Å². The van der Waals surface area contributed by atoms with Crippen LogP contribution < -0.4 is 10.1 Å². The lowest BCUT2D eigenvalue weighted by molar-refractivity contribution is -0.143. The minimum Gasteiger partial charge on any atom is -0.496 e. The fourth-order valence-electron chi connectivity index (χ4n) is 2.80. The van der Waals surface area contributed by atoms with Gasteiger partial charge in [-0.15, -0.1) is 0 Å². The van der Waals surface area contributed by atoms with Crippen LogP contribution in [-0.4, -0.2) is 42.2 Å². The van der Waals surface area contributed by atoms with E-state index in [1.54, 1.807) is 12.0 Å². The molecular formula is C16H22N2O4. The SMILES string of the molecule is COc1c(C)ccc(NC(=O)N2CCC(C(=O)O)CC2)c1C. The molecule has 0 bridgehead atoms. The number of aryl methyl sites for hydroxylation is 1. The Morgan fingerprint density at radius 2 is 1.91 bits per heavy atom. The Morgan fingerprint density at radius 1 is 1.27 bits per heavy atom. The molecule has 2 rings (SSSR count). The van der Waals surface area contributed by atoms with E-state index in [0.717, 1.165) is 16.9 Å². The number of carboxylic acid groups (broad SMARTS) is 1. The lowest BCUT2D eigenvalue weighted by Crippen LogP contribution is -2.42. The van der Waals surface area contributed by atoms with Gasteiger partial charge in [0.25, 0.3) is 0 Å². The summed E-state index contributed by atoms with van der Waals surface area (Å²) in [4.78, 5) is 24.9. The first-order chi connectivity index (χ1) is 10.4. The Balaban J connectivity index is 2.03. The number of benzene rings is 1.